The molecule has 0 atom stereocenters. The van der Waals surface area contributed by atoms with Crippen molar-refractivity contribution in [3.05, 3.63) is 103 Å². The van der Waals surface area contributed by atoms with Gasteiger partial charge in [-0.25, -0.2) is 0 Å². The number of halogens is 2. The summed E-state index contributed by atoms with van der Waals surface area (Å²) in [6, 6.07) is 19.6. The van der Waals surface area contributed by atoms with E-state index in [1.807, 2.05) is 35.2 Å². The lowest BCUT2D eigenvalue weighted by atomic mass is 10.1. The van der Waals surface area contributed by atoms with Crippen LogP contribution in [0.1, 0.15) is 21.5 Å². The summed E-state index contributed by atoms with van der Waals surface area (Å²) in [7, 11) is 0. The minimum absolute atomic E-state index is 0.0198. The van der Waals surface area contributed by atoms with E-state index in [9.17, 15) is 14.9 Å². The monoisotopic (exact) mass is 543 g/mol. The van der Waals surface area contributed by atoms with Gasteiger partial charge in [0, 0.05) is 54.9 Å². The van der Waals surface area contributed by atoms with Crippen molar-refractivity contribution in [2.45, 2.75) is 13.2 Å². The molecule has 9 heteroatoms. The first-order valence-electron chi connectivity index (χ1n) is 10.8. The Balaban J connectivity index is 1.29. The van der Waals surface area contributed by atoms with Gasteiger partial charge in [-0.1, -0.05) is 57.9 Å². The predicted octanol–water partition coefficient (Wildman–Crippen LogP) is 5.55. The lowest BCUT2D eigenvalue weighted by molar-refractivity contribution is -0.384. The summed E-state index contributed by atoms with van der Waals surface area (Å²) in [5.41, 5.74) is 2.66. The van der Waals surface area contributed by atoms with Crippen molar-refractivity contribution in [3.8, 4) is 5.75 Å². The van der Waals surface area contributed by atoms with Gasteiger partial charge in [-0.3, -0.25) is 19.8 Å². The van der Waals surface area contributed by atoms with Crippen molar-refractivity contribution in [2.24, 2.45) is 0 Å². The Kier molecular flexibility index (Phi) is 7.82. The van der Waals surface area contributed by atoms with E-state index >= 15 is 0 Å². The van der Waals surface area contributed by atoms with Crippen LogP contribution in [0.4, 0.5) is 5.69 Å². The number of piperazine rings is 1. The van der Waals surface area contributed by atoms with E-state index in [-0.39, 0.29) is 23.2 Å². The smallest absolute Gasteiger partial charge is 0.271 e. The number of nitro benzene ring substituents is 1. The zero-order valence-corrected chi connectivity index (χ0v) is 20.7. The van der Waals surface area contributed by atoms with Crippen LogP contribution in [0.3, 0.4) is 0 Å². The molecule has 1 saturated heterocycles. The lowest BCUT2D eigenvalue weighted by Crippen LogP contribution is -2.48. The lowest BCUT2D eigenvalue weighted by Gasteiger charge is -2.35. The summed E-state index contributed by atoms with van der Waals surface area (Å²) in [4.78, 5) is 27.5. The fourth-order valence-electron chi connectivity index (χ4n) is 3.78. The number of amides is 1. The first kappa shape index (κ1) is 24.2. The van der Waals surface area contributed by atoms with Gasteiger partial charge < -0.3 is 9.64 Å². The second kappa shape index (κ2) is 11.0. The molecule has 0 aliphatic carbocycles. The predicted molar refractivity (Wildman–Crippen MR) is 134 cm³/mol. The Labute approximate surface area is 211 Å². The number of benzene rings is 3. The maximum absolute atomic E-state index is 12.9. The topological polar surface area (TPSA) is 75.9 Å². The van der Waals surface area contributed by atoms with Crippen LogP contribution >= 0.6 is 27.5 Å². The molecule has 1 amide bonds. The van der Waals surface area contributed by atoms with Crippen LogP contribution in [0, 0.1) is 10.1 Å². The minimum Gasteiger partial charge on any atom is -0.487 e. The molecule has 4 rings (SSSR count). The van der Waals surface area contributed by atoms with Gasteiger partial charge in [0.15, 0.2) is 0 Å². The summed E-state index contributed by atoms with van der Waals surface area (Å²) in [5.74, 6) is 0.388. The molecule has 0 spiro atoms. The van der Waals surface area contributed by atoms with Crippen molar-refractivity contribution >= 4 is 39.1 Å². The zero-order valence-electron chi connectivity index (χ0n) is 18.3. The summed E-state index contributed by atoms with van der Waals surface area (Å²) >= 11 is 9.67. The molecule has 0 aromatic heterocycles. The van der Waals surface area contributed by atoms with Crippen molar-refractivity contribution in [3.63, 3.8) is 0 Å². The molecule has 0 unspecified atom stereocenters. The van der Waals surface area contributed by atoms with Crippen LogP contribution in [0.15, 0.2) is 71.2 Å². The van der Waals surface area contributed by atoms with Crippen LogP contribution < -0.4 is 4.74 Å². The van der Waals surface area contributed by atoms with Crippen LogP contribution in [0.5, 0.6) is 5.75 Å². The number of nitro groups is 1. The Bertz CT molecular complexity index is 1180. The van der Waals surface area contributed by atoms with Gasteiger partial charge in [0.1, 0.15) is 12.4 Å². The number of hydrogen-bond donors (Lipinski definition) is 0. The van der Waals surface area contributed by atoms with Gasteiger partial charge in [0.25, 0.3) is 11.6 Å². The van der Waals surface area contributed by atoms with Gasteiger partial charge in [-0.05, 0) is 35.4 Å². The van der Waals surface area contributed by atoms with Gasteiger partial charge >= 0.3 is 0 Å². The van der Waals surface area contributed by atoms with E-state index < -0.39 is 4.92 Å². The molecular formula is C25H23BrClN3O4. The number of rotatable bonds is 7. The summed E-state index contributed by atoms with van der Waals surface area (Å²) in [5, 5.41) is 11.0. The number of hydrogen-bond acceptors (Lipinski definition) is 5. The van der Waals surface area contributed by atoms with Gasteiger partial charge in [0.2, 0.25) is 0 Å². The number of ether oxygens (including phenoxy) is 1. The average molecular weight is 545 g/mol. The van der Waals surface area contributed by atoms with Gasteiger partial charge in [-0.15, -0.1) is 0 Å². The highest BCUT2D eigenvalue weighted by atomic mass is 79.9. The van der Waals surface area contributed by atoms with E-state index in [0.29, 0.717) is 24.4 Å². The molecule has 176 valence electrons. The molecule has 0 saturated carbocycles. The van der Waals surface area contributed by atoms with Crippen molar-refractivity contribution in [2.75, 3.05) is 26.2 Å². The van der Waals surface area contributed by atoms with Gasteiger partial charge in [-0.2, -0.15) is 0 Å². The zero-order chi connectivity index (χ0) is 24.1. The maximum Gasteiger partial charge on any atom is 0.271 e. The third kappa shape index (κ3) is 5.94. The van der Waals surface area contributed by atoms with Crippen LogP contribution in [0.2, 0.25) is 5.02 Å². The highest BCUT2D eigenvalue weighted by molar-refractivity contribution is 9.10. The maximum atomic E-state index is 12.9. The second-order valence-electron chi connectivity index (χ2n) is 8.02. The molecule has 3 aromatic carbocycles. The normalized spacial score (nSPS) is 14.1. The molecule has 0 radical (unpaired) electrons. The molecule has 34 heavy (non-hydrogen) atoms. The quantitative estimate of drug-likeness (QED) is 0.288. The van der Waals surface area contributed by atoms with Crippen LogP contribution in [-0.4, -0.2) is 46.8 Å². The van der Waals surface area contributed by atoms with E-state index in [0.717, 1.165) is 29.7 Å². The van der Waals surface area contributed by atoms with Gasteiger partial charge in [0.05, 0.1) is 9.95 Å². The Morgan fingerprint density at radius 2 is 1.74 bits per heavy atom. The second-order valence-corrected chi connectivity index (χ2v) is 9.28. The standard InChI is InChI=1S/C25H23BrClN3O4/c26-22-4-2-1-3-20(22)16-28-11-13-29(14-12-28)25(31)19-7-5-18(6-8-19)17-34-24-10-9-21(30(32)33)15-23(24)27/h1-10,15H,11-14,16-17H2. The minimum atomic E-state index is -0.506. The van der Waals surface area contributed by atoms with Crippen molar-refractivity contribution < 1.29 is 14.5 Å². The molecule has 1 fully saturated rings. The molecule has 3 aromatic rings. The first-order chi connectivity index (χ1) is 16.4. The largest absolute Gasteiger partial charge is 0.487 e. The molecular weight excluding hydrogens is 522 g/mol. The molecule has 0 N–H and O–H groups in total. The molecule has 1 heterocycles. The fourth-order valence-corrected chi connectivity index (χ4v) is 4.42. The molecule has 7 nitrogen and oxygen atoms in total. The van der Waals surface area contributed by atoms with E-state index in [1.54, 1.807) is 12.1 Å². The van der Waals surface area contributed by atoms with E-state index in [1.165, 1.54) is 23.8 Å². The highest BCUT2D eigenvalue weighted by Gasteiger charge is 2.22. The van der Waals surface area contributed by atoms with Crippen LogP contribution in [-0.2, 0) is 13.2 Å². The Hall–Kier alpha value is -2.94. The third-order valence-corrected chi connectivity index (χ3v) is 6.80. The third-order valence-electron chi connectivity index (χ3n) is 5.73. The number of carbonyl (C=O) groups excluding carboxylic acids is 1. The Morgan fingerprint density at radius 1 is 1.03 bits per heavy atom. The number of non-ortho nitro benzene ring substituents is 1. The molecule has 0 bridgehead atoms. The average Bonchev–Trinajstić information content (AvgIpc) is 2.85. The van der Waals surface area contributed by atoms with Crippen molar-refractivity contribution in [1.29, 1.82) is 0 Å². The SMILES string of the molecule is O=C(c1ccc(COc2ccc([N+](=O)[O-])cc2Cl)cc1)N1CCN(Cc2ccccc2Br)CC1. The first-order valence-corrected chi connectivity index (χ1v) is 12.0. The van der Waals surface area contributed by atoms with Crippen molar-refractivity contribution in [1.82, 2.24) is 9.80 Å². The van der Waals surface area contributed by atoms with E-state index in [2.05, 4.69) is 26.9 Å². The fraction of sp³-hybridized carbons (Fsp3) is 0.240. The number of nitrogens with zero attached hydrogens (tertiary/aromatic N) is 3. The highest BCUT2D eigenvalue weighted by Crippen LogP contribution is 2.29. The van der Waals surface area contributed by atoms with Crippen LogP contribution in [0.25, 0.3) is 0 Å². The molecule has 1 aliphatic heterocycles. The summed E-state index contributed by atoms with van der Waals surface area (Å²) < 4.78 is 6.79. The summed E-state index contributed by atoms with van der Waals surface area (Å²) in [6.45, 7) is 4.13. The molecule has 1 aliphatic rings. The van der Waals surface area contributed by atoms with E-state index in [4.69, 9.17) is 16.3 Å². The Morgan fingerprint density at radius 3 is 2.38 bits per heavy atom. The number of carbonyl (C=O) groups is 1. The summed E-state index contributed by atoms with van der Waals surface area (Å²) in [6.07, 6.45) is 0.